The number of amidine groups is 1. The fourth-order valence-corrected chi connectivity index (χ4v) is 2.79. The molecule has 0 fully saturated rings. The van der Waals surface area contributed by atoms with E-state index in [-0.39, 0.29) is 5.84 Å². The van der Waals surface area contributed by atoms with Gasteiger partial charge in [-0.2, -0.15) is 0 Å². The number of benzene rings is 1. The Morgan fingerprint density at radius 2 is 2.14 bits per heavy atom. The summed E-state index contributed by atoms with van der Waals surface area (Å²) in [6.07, 6.45) is 2.99. The highest BCUT2D eigenvalue weighted by atomic mass is 35.5. The summed E-state index contributed by atoms with van der Waals surface area (Å²) in [5.74, 6) is 0.833. The Morgan fingerprint density at radius 1 is 1.33 bits per heavy atom. The van der Waals surface area contributed by atoms with Crippen molar-refractivity contribution in [1.29, 1.82) is 5.41 Å². The molecule has 0 aliphatic heterocycles. The van der Waals surface area contributed by atoms with Crippen molar-refractivity contribution in [2.24, 2.45) is 5.73 Å². The third-order valence-corrected chi connectivity index (χ3v) is 3.90. The number of aromatic nitrogens is 1. The van der Waals surface area contributed by atoms with Gasteiger partial charge in [-0.1, -0.05) is 17.7 Å². The number of rotatable bonds is 3. The van der Waals surface area contributed by atoms with Gasteiger partial charge in [0.15, 0.2) is 0 Å². The lowest BCUT2D eigenvalue weighted by Gasteiger charge is -2.13. The van der Waals surface area contributed by atoms with E-state index in [1.54, 1.807) is 6.07 Å². The van der Waals surface area contributed by atoms with Crippen molar-refractivity contribution in [3.05, 3.63) is 51.7 Å². The van der Waals surface area contributed by atoms with Crippen molar-refractivity contribution < 1.29 is 4.74 Å². The Morgan fingerprint density at radius 3 is 2.86 bits per heavy atom. The van der Waals surface area contributed by atoms with E-state index in [2.05, 4.69) is 4.98 Å². The van der Waals surface area contributed by atoms with Crippen molar-refractivity contribution in [2.75, 3.05) is 0 Å². The molecule has 21 heavy (non-hydrogen) atoms. The number of hydrogen-bond donors (Lipinski definition) is 2. The van der Waals surface area contributed by atoms with Crippen LogP contribution in [0.1, 0.15) is 28.8 Å². The third kappa shape index (κ3) is 2.72. The van der Waals surface area contributed by atoms with Crippen molar-refractivity contribution in [3.63, 3.8) is 0 Å². The third-order valence-electron chi connectivity index (χ3n) is 3.60. The molecule has 3 N–H and O–H groups in total. The molecular weight excluding hydrogens is 286 g/mol. The summed E-state index contributed by atoms with van der Waals surface area (Å²) >= 11 is 6.19. The monoisotopic (exact) mass is 301 g/mol. The summed E-state index contributed by atoms with van der Waals surface area (Å²) in [4.78, 5) is 4.53. The molecule has 0 atom stereocenters. The molecule has 2 aromatic rings. The van der Waals surface area contributed by atoms with Crippen LogP contribution in [0.5, 0.6) is 11.6 Å². The normalized spacial score (nSPS) is 13.0. The van der Waals surface area contributed by atoms with Gasteiger partial charge in [0.1, 0.15) is 11.6 Å². The maximum Gasteiger partial charge on any atom is 0.230 e. The second-order valence-corrected chi connectivity index (χ2v) is 5.66. The van der Waals surface area contributed by atoms with Crippen LogP contribution < -0.4 is 10.5 Å². The molecule has 1 aromatic heterocycles. The average molecular weight is 302 g/mol. The quantitative estimate of drug-likeness (QED) is 0.672. The molecule has 0 unspecified atom stereocenters. The first-order valence-electron chi connectivity index (χ1n) is 6.86. The lowest BCUT2D eigenvalue weighted by molar-refractivity contribution is 0.460. The van der Waals surface area contributed by atoms with Gasteiger partial charge in [-0.3, -0.25) is 5.41 Å². The Balaban J connectivity index is 2.03. The smallest absolute Gasteiger partial charge is 0.230 e. The molecule has 4 nitrogen and oxygen atoms in total. The van der Waals surface area contributed by atoms with Crippen molar-refractivity contribution in [3.8, 4) is 11.6 Å². The van der Waals surface area contributed by atoms with Crippen LogP contribution in [-0.2, 0) is 12.8 Å². The van der Waals surface area contributed by atoms with Gasteiger partial charge < -0.3 is 10.5 Å². The summed E-state index contributed by atoms with van der Waals surface area (Å²) < 4.78 is 5.82. The number of nitrogens with two attached hydrogens (primary N) is 1. The summed E-state index contributed by atoms with van der Waals surface area (Å²) in [5, 5.41) is 8.24. The zero-order valence-corrected chi connectivity index (χ0v) is 12.5. The Kier molecular flexibility index (Phi) is 3.55. The largest absolute Gasteiger partial charge is 0.437 e. The van der Waals surface area contributed by atoms with Gasteiger partial charge in [-0.05, 0) is 55.5 Å². The van der Waals surface area contributed by atoms with Gasteiger partial charge in [0.05, 0.1) is 10.6 Å². The molecule has 0 saturated carbocycles. The minimum Gasteiger partial charge on any atom is -0.437 e. The molecule has 0 bridgehead atoms. The van der Waals surface area contributed by atoms with Crippen LogP contribution >= 0.6 is 11.6 Å². The van der Waals surface area contributed by atoms with E-state index in [1.807, 2.05) is 25.1 Å². The summed E-state index contributed by atoms with van der Waals surface area (Å²) in [6.45, 7) is 1.96. The molecular formula is C16H16ClN3O. The molecule has 108 valence electrons. The second-order valence-electron chi connectivity index (χ2n) is 5.25. The molecule has 0 radical (unpaired) electrons. The average Bonchev–Trinajstić information content (AvgIpc) is 2.88. The first-order valence-corrected chi connectivity index (χ1v) is 7.23. The van der Waals surface area contributed by atoms with Crippen molar-refractivity contribution >= 4 is 17.4 Å². The van der Waals surface area contributed by atoms with Crippen LogP contribution in [0.3, 0.4) is 0 Å². The number of fused-ring (bicyclic) bond motifs is 1. The number of nitrogen functional groups attached to an aromatic ring is 1. The molecule has 1 aromatic carbocycles. The maximum atomic E-state index is 7.72. The first-order chi connectivity index (χ1) is 10.0. The fraction of sp³-hybridized carbons (Fsp3) is 0.250. The van der Waals surface area contributed by atoms with Crippen molar-refractivity contribution in [2.45, 2.75) is 26.2 Å². The number of hydrogen-bond acceptors (Lipinski definition) is 3. The van der Waals surface area contributed by atoms with Gasteiger partial charge >= 0.3 is 0 Å². The van der Waals surface area contributed by atoms with Crippen LogP contribution in [0, 0.1) is 12.3 Å². The minimum atomic E-state index is -0.0459. The number of ether oxygens (including phenoxy) is 1. The Hall–Kier alpha value is -2.07. The topological polar surface area (TPSA) is 72.0 Å². The summed E-state index contributed by atoms with van der Waals surface area (Å²) in [6, 6.07) is 7.46. The molecule has 0 saturated heterocycles. The SMILES string of the molecule is Cc1ccc(Oc2nc3c(cc2C(=N)N)CCC3)c(Cl)c1. The number of halogens is 1. The van der Waals surface area contributed by atoms with E-state index in [4.69, 9.17) is 27.5 Å². The number of nitrogens with one attached hydrogen (secondary N) is 1. The van der Waals surface area contributed by atoms with E-state index in [0.717, 1.165) is 36.1 Å². The van der Waals surface area contributed by atoms with E-state index in [1.165, 1.54) is 0 Å². The highest BCUT2D eigenvalue weighted by Gasteiger charge is 2.19. The van der Waals surface area contributed by atoms with Gasteiger partial charge in [0, 0.05) is 5.69 Å². The number of nitrogens with zero attached hydrogens (tertiary/aromatic N) is 1. The number of aryl methyl sites for hydroxylation is 3. The van der Waals surface area contributed by atoms with E-state index in [0.29, 0.717) is 22.2 Å². The highest BCUT2D eigenvalue weighted by Crippen LogP contribution is 2.33. The van der Waals surface area contributed by atoms with Gasteiger partial charge in [0.25, 0.3) is 0 Å². The second kappa shape index (κ2) is 5.37. The van der Waals surface area contributed by atoms with Crippen LogP contribution in [-0.4, -0.2) is 10.8 Å². The first kappa shape index (κ1) is 13.9. The van der Waals surface area contributed by atoms with Crippen LogP contribution in [0.15, 0.2) is 24.3 Å². The molecule has 1 aliphatic carbocycles. The summed E-state index contributed by atoms with van der Waals surface area (Å²) in [5.41, 5.74) is 9.41. The van der Waals surface area contributed by atoms with Crippen LogP contribution in [0.25, 0.3) is 0 Å². The van der Waals surface area contributed by atoms with E-state index < -0.39 is 0 Å². The van der Waals surface area contributed by atoms with Gasteiger partial charge in [0.2, 0.25) is 5.88 Å². The van der Waals surface area contributed by atoms with Gasteiger partial charge in [-0.15, -0.1) is 0 Å². The lowest BCUT2D eigenvalue weighted by atomic mass is 10.1. The predicted octanol–water partition coefficient (Wildman–Crippen LogP) is 3.61. The van der Waals surface area contributed by atoms with Gasteiger partial charge in [-0.25, -0.2) is 4.98 Å². The number of pyridine rings is 1. The predicted molar refractivity (Wildman–Crippen MR) is 83.5 cm³/mol. The molecule has 0 amide bonds. The zero-order valence-electron chi connectivity index (χ0n) is 11.7. The summed E-state index contributed by atoms with van der Waals surface area (Å²) in [7, 11) is 0. The Labute approximate surface area is 128 Å². The molecule has 1 aliphatic rings. The standard InChI is InChI=1S/C16H16ClN3O/c1-9-5-6-14(12(17)7-9)21-16-11(15(18)19)8-10-3-2-4-13(10)20-16/h5-8H,2-4H2,1H3,(H3,18,19). The molecule has 3 rings (SSSR count). The maximum absolute atomic E-state index is 7.72. The fourth-order valence-electron chi connectivity index (χ4n) is 2.52. The Bertz CT molecular complexity index is 728. The highest BCUT2D eigenvalue weighted by molar-refractivity contribution is 6.32. The zero-order chi connectivity index (χ0) is 15.0. The molecule has 0 spiro atoms. The van der Waals surface area contributed by atoms with Crippen LogP contribution in [0.2, 0.25) is 5.02 Å². The lowest BCUT2D eigenvalue weighted by Crippen LogP contribution is -2.14. The van der Waals surface area contributed by atoms with E-state index in [9.17, 15) is 0 Å². The van der Waals surface area contributed by atoms with Crippen molar-refractivity contribution in [1.82, 2.24) is 4.98 Å². The molecule has 5 heteroatoms. The molecule has 1 heterocycles. The minimum absolute atomic E-state index is 0.0459. The van der Waals surface area contributed by atoms with Crippen LogP contribution in [0.4, 0.5) is 0 Å². The van der Waals surface area contributed by atoms with E-state index >= 15 is 0 Å².